The summed E-state index contributed by atoms with van der Waals surface area (Å²) >= 11 is 5.17. The quantitative estimate of drug-likeness (QED) is 0.503. The summed E-state index contributed by atoms with van der Waals surface area (Å²) < 4.78 is 0. The lowest BCUT2D eigenvalue weighted by molar-refractivity contribution is 1.22. The van der Waals surface area contributed by atoms with Gasteiger partial charge in [0.1, 0.15) is 0 Å². The van der Waals surface area contributed by atoms with E-state index in [1.54, 1.807) is 0 Å². The standard InChI is InChI=1S/C5H8Cl/c1-2-3-4-5-6/h3-5H,2H2,1H3. The fraction of sp³-hybridized carbons (Fsp3) is 0.400. The van der Waals surface area contributed by atoms with Crippen molar-refractivity contribution in [2.24, 2.45) is 0 Å². The third kappa shape index (κ3) is 4.03. The van der Waals surface area contributed by atoms with Gasteiger partial charge in [-0.2, -0.15) is 0 Å². The highest BCUT2D eigenvalue weighted by Gasteiger charge is 1.62. The number of hydrogen-bond donors (Lipinski definition) is 0. The van der Waals surface area contributed by atoms with Crippen LogP contribution in [0.2, 0.25) is 0 Å². The molecule has 0 amide bonds. The van der Waals surface area contributed by atoms with Crippen molar-refractivity contribution in [3.8, 4) is 0 Å². The Labute approximate surface area is 43.8 Å². The normalized spacial score (nSPS) is 10.3. The van der Waals surface area contributed by atoms with Gasteiger partial charge in [0.05, 0.1) is 5.88 Å². The maximum Gasteiger partial charge on any atom is 0.0715 e. The third-order valence-corrected chi connectivity index (χ3v) is 0.590. The van der Waals surface area contributed by atoms with Crippen LogP contribution in [0.25, 0.3) is 0 Å². The van der Waals surface area contributed by atoms with Crippen molar-refractivity contribution in [3.05, 3.63) is 18.0 Å². The Bertz CT molecular complexity index is 33.2. The van der Waals surface area contributed by atoms with Crippen LogP contribution in [0.4, 0.5) is 0 Å². The average Bonchev–Trinajstić information content (AvgIpc) is 1.61. The summed E-state index contributed by atoms with van der Waals surface area (Å²) in [6.45, 7) is 2.07. The molecule has 1 radical (unpaired) electrons. The van der Waals surface area contributed by atoms with E-state index in [2.05, 4.69) is 6.92 Å². The zero-order valence-corrected chi connectivity index (χ0v) is 4.57. The second-order valence-corrected chi connectivity index (χ2v) is 1.21. The van der Waals surface area contributed by atoms with Gasteiger partial charge in [0.25, 0.3) is 0 Å². The van der Waals surface area contributed by atoms with Crippen molar-refractivity contribution in [1.82, 2.24) is 0 Å². The smallest absolute Gasteiger partial charge is 0.0715 e. The summed E-state index contributed by atoms with van der Waals surface area (Å²) in [5, 5.41) is 0. The summed E-state index contributed by atoms with van der Waals surface area (Å²) in [5.41, 5.74) is 0. The summed E-state index contributed by atoms with van der Waals surface area (Å²) in [4.78, 5) is 0. The molecule has 0 aliphatic heterocycles. The van der Waals surface area contributed by atoms with Gasteiger partial charge in [-0.05, 0) is 6.42 Å². The summed E-state index contributed by atoms with van der Waals surface area (Å²) in [6, 6.07) is 0. The van der Waals surface area contributed by atoms with E-state index < -0.39 is 0 Å². The minimum atomic E-state index is 1.06. The second kappa shape index (κ2) is 5.03. The molecule has 0 rings (SSSR count). The Morgan fingerprint density at radius 2 is 2.33 bits per heavy atom. The van der Waals surface area contributed by atoms with Crippen molar-refractivity contribution in [2.45, 2.75) is 13.3 Å². The molecule has 0 aliphatic rings. The average molecular weight is 104 g/mol. The molecule has 0 spiro atoms. The first-order valence-corrected chi connectivity index (χ1v) is 2.44. The zero-order chi connectivity index (χ0) is 4.83. The van der Waals surface area contributed by atoms with Crippen LogP contribution in [-0.4, -0.2) is 0 Å². The van der Waals surface area contributed by atoms with Crippen LogP contribution in [0, 0.1) is 5.88 Å². The van der Waals surface area contributed by atoms with Gasteiger partial charge in [0, 0.05) is 0 Å². The van der Waals surface area contributed by atoms with Gasteiger partial charge in [0.2, 0.25) is 0 Å². The van der Waals surface area contributed by atoms with Gasteiger partial charge in [-0.15, -0.1) is 11.6 Å². The van der Waals surface area contributed by atoms with Gasteiger partial charge in [-0.25, -0.2) is 0 Å². The van der Waals surface area contributed by atoms with Crippen molar-refractivity contribution in [3.63, 3.8) is 0 Å². The molecule has 0 saturated carbocycles. The van der Waals surface area contributed by atoms with Crippen LogP contribution in [0.5, 0.6) is 0 Å². The van der Waals surface area contributed by atoms with Gasteiger partial charge in [-0.3, -0.25) is 0 Å². The Kier molecular flexibility index (Phi) is 5.06. The van der Waals surface area contributed by atoms with E-state index in [0.29, 0.717) is 0 Å². The lowest BCUT2D eigenvalue weighted by atomic mass is 10.4. The van der Waals surface area contributed by atoms with Gasteiger partial charge < -0.3 is 0 Å². The minimum absolute atomic E-state index is 1.06. The van der Waals surface area contributed by atoms with E-state index in [0.717, 1.165) is 6.42 Å². The maximum atomic E-state index is 5.17. The van der Waals surface area contributed by atoms with Crippen molar-refractivity contribution in [2.75, 3.05) is 0 Å². The number of rotatable bonds is 2. The molecule has 0 atom stereocenters. The van der Waals surface area contributed by atoms with E-state index in [-0.39, 0.29) is 0 Å². The molecule has 35 valence electrons. The van der Waals surface area contributed by atoms with Crippen LogP contribution < -0.4 is 0 Å². The van der Waals surface area contributed by atoms with Crippen molar-refractivity contribution in [1.29, 1.82) is 0 Å². The molecule has 0 bridgehead atoms. The third-order valence-electron chi connectivity index (χ3n) is 0.445. The maximum absolute atomic E-state index is 5.17. The van der Waals surface area contributed by atoms with E-state index in [9.17, 15) is 0 Å². The molecule has 0 N–H and O–H groups in total. The lowest BCUT2D eigenvalue weighted by Crippen LogP contribution is -1.49. The monoisotopic (exact) mass is 103 g/mol. The van der Waals surface area contributed by atoms with E-state index >= 15 is 0 Å². The highest BCUT2D eigenvalue weighted by atomic mass is 35.5. The molecule has 0 aromatic heterocycles. The lowest BCUT2D eigenvalue weighted by Gasteiger charge is -1.70. The van der Waals surface area contributed by atoms with E-state index in [1.807, 2.05) is 12.2 Å². The molecule has 0 aromatic carbocycles. The molecule has 0 fully saturated rings. The molecular weight excluding hydrogens is 95.5 g/mol. The number of allylic oxidation sites excluding steroid dienone is 2. The molecule has 6 heavy (non-hydrogen) atoms. The zero-order valence-electron chi connectivity index (χ0n) is 3.82. The van der Waals surface area contributed by atoms with Crippen LogP contribution in [0.1, 0.15) is 13.3 Å². The molecule has 0 aliphatic carbocycles. The Hall–Kier alpha value is 0.0300. The van der Waals surface area contributed by atoms with Crippen LogP contribution in [-0.2, 0) is 0 Å². The van der Waals surface area contributed by atoms with Crippen LogP contribution in [0.3, 0.4) is 0 Å². The van der Waals surface area contributed by atoms with Crippen molar-refractivity contribution >= 4 is 11.6 Å². The predicted octanol–water partition coefficient (Wildman–Crippen LogP) is 2.35. The number of halogens is 1. The molecule has 0 unspecified atom stereocenters. The molecule has 0 heterocycles. The van der Waals surface area contributed by atoms with Crippen molar-refractivity contribution < 1.29 is 0 Å². The second-order valence-electron chi connectivity index (χ2n) is 0.962. The SMILES string of the molecule is CCC=C[CH]Cl. The topological polar surface area (TPSA) is 0 Å². The van der Waals surface area contributed by atoms with E-state index in [1.165, 1.54) is 5.88 Å². The predicted molar refractivity (Wildman–Crippen MR) is 29.6 cm³/mol. The first-order chi connectivity index (χ1) is 2.91. The molecule has 0 nitrogen and oxygen atoms in total. The van der Waals surface area contributed by atoms with Crippen LogP contribution in [0.15, 0.2) is 12.2 Å². The molecular formula is C5H8Cl. The number of hydrogen-bond acceptors (Lipinski definition) is 0. The Balaban J connectivity index is 2.73. The highest BCUT2D eigenvalue weighted by Crippen LogP contribution is 1.86. The fourth-order valence-electron chi connectivity index (χ4n) is 0.188. The summed E-state index contributed by atoms with van der Waals surface area (Å²) in [6.07, 6.45) is 4.87. The van der Waals surface area contributed by atoms with Crippen LogP contribution >= 0.6 is 11.6 Å². The van der Waals surface area contributed by atoms with Gasteiger partial charge in [-0.1, -0.05) is 19.1 Å². The summed E-state index contributed by atoms with van der Waals surface area (Å²) in [5.74, 6) is 1.50. The van der Waals surface area contributed by atoms with E-state index in [4.69, 9.17) is 11.6 Å². The van der Waals surface area contributed by atoms with Gasteiger partial charge >= 0.3 is 0 Å². The first-order valence-electron chi connectivity index (χ1n) is 2.00. The Morgan fingerprint density at radius 3 is 2.50 bits per heavy atom. The summed E-state index contributed by atoms with van der Waals surface area (Å²) in [7, 11) is 0. The minimum Gasteiger partial charge on any atom is -0.117 e. The molecule has 0 saturated heterocycles. The first kappa shape index (κ1) is 6.03. The van der Waals surface area contributed by atoms with Gasteiger partial charge in [0.15, 0.2) is 0 Å². The Morgan fingerprint density at radius 1 is 1.67 bits per heavy atom. The largest absolute Gasteiger partial charge is 0.117 e. The highest BCUT2D eigenvalue weighted by molar-refractivity contribution is 6.24. The molecule has 0 aromatic rings. The fourth-order valence-corrected chi connectivity index (χ4v) is 0.290. The molecule has 1 heteroatoms.